The van der Waals surface area contributed by atoms with E-state index in [1.54, 1.807) is 0 Å². The molecule has 256 valence electrons. The number of halogens is 6. The van der Waals surface area contributed by atoms with Gasteiger partial charge in [0, 0.05) is 17.3 Å². The summed E-state index contributed by atoms with van der Waals surface area (Å²) in [6.45, 7) is 0. The lowest BCUT2D eigenvalue weighted by molar-refractivity contribution is -0.287. The molecule has 2 aliphatic rings. The van der Waals surface area contributed by atoms with Gasteiger partial charge in [0.2, 0.25) is 5.41 Å². The van der Waals surface area contributed by atoms with Crippen LogP contribution in [0.25, 0.3) is 88.4 Å². The summed E-state index contributed by atoms with van der Waals surface area (Å²) in [5.41, 5.74) is 3.24. The fraction of sp³-hybridized carbons (Fsp3) is 0.0652. The predicted octanol–water partition coefficient (Wildman–Crippen LogP) is 13.4. The second-order valence-electron chi connectivity index (χ2n) is 13.6. The van der Waals surface area contributed by atoms with E-state index >= 15 is 0 Å². The first-order valence-corrected chi connectivity index (χ1v) is 17.1. The zero-order valence-corrected chi connectivity index (χ0v) is 27.6. The van der Waals surface area contributed by atoms with Gasteiger partial charge in [0.15, 0.2) is 0 Å². The summed E-state index contributed by atoms with van der Waals surface area (Å²) in [5, 5.41) is 4.02. The number of pyridine rings is 1. The van der Waals surface area contributed by atoms with Crippen LogP contribution in [0.4, 0.5) is 26.3 Å². The lowest BCUT2D eigenvalue weighted by Crippen LogP contribution is -2.53. The molecule has 7 aromatic carbocycles. The van der Waals surface area contributed by atoms with Crippen LogP contribution in [0.3, 0.4) is 0 Å². The Bertz CT molecular complexity index is 2690. The van der Waals surface area contributed by atoms with Crippen molar-refractivity contribution in [3.05, 3.63) is 163 Å². The van der Waals surface area contributed by atoms with E-state index in [-0.39, 0.29) is 11.3 Å². The van der Waals surface area contributed by atoms with Crippen molar-refractivity contribution in [1.82, 2.24) is 4.98 Å². The molecule has 0 bridgehead atoms. The zero-order chi connectivity index (χ0) is 36.3. The highest BCUT2D eigenvalue weighted by atomic mass is 19.4. The SMILES string of the molecule is FC(F)(F)C1(C(F)(F)F)c2ccc(-c3ccc4c5c(cccc35)-c3c-4c(-c4ccccc4)c4ccccc4c3-c3ccccc3)cc2-c2ncccc21. The minimum absolute atomic E-state index is 0.178. The second-order valence-corrected chi connectivity index (χ2v) is 13.6. The minimum atomic E-state index is -5.65. The number of alkyl halides is 6. The summed E-state index contributed by atoms with van der Waals surface area (Å²) < 4.78 is 88.8. The summed E-state index contributed by atoms with van der Waals surface area (Å²) >= 11 is 0. The third-order valence-electron chi connectivity index (χ3n) is 11.0. The maximum Gasteiger partial charge on any atom is 0.411 e. The van der Waals surface area contributed by atoms with Gasteiger partial charge in [0.05, 0.1) is 5.69 Å². The number of hydrogen-bond donors (Lipinski definition) is 0. The van der Waals surface area contributed by atoms with Crippen molar-refractivity contribution in [2.45, 2.75) is 17.8 Å². The molecular weight excluding hydrogens is 681 g/mol. The third-order valence-corrected chi connectivity index (χ3v) is 11.0. The van der Waals surface area contributed by atoms with Crippen LogP contribution >= 0.6 is 0 Å². The van der Waals surface area contributed by atoms with Crippen molar-refractivity contribution in [2.24, 2.45) is 0 Å². The van der Waals surface area contributed by atoms with Gasteiger partial charge in [-0.3, -0.25) is 4.98 Å². The molecule has 7 heteroatoms. The first-order valence-electron chi connectivity index (χ1n) is 17.1. The molecule has 53 heavy (non-hydrogen) atoms. The lowest BCUT2D eigenvalue weighted by atomic mass is 9.76. The van der Waals surface area contributed by atoms with Crippen LogP contribution in [0.1, 0.15) is 11.1 Å². The number of hydrogen-bond acceptors (Lipinski definition) is 1. The van der Waals surface area contributed by atoms with E-state index in [0.717, 1.165) is 84.3 Å². The molecule has 0 unspecified atom stereocenters. The molecule has 0 amide bonds. The molecule has 0 N–H and O–H groups in total. The van der Waals surface area contributed by atoms with Crippen molar-refractivity contribution in [3.63, 3.8) is 0 Å². The zero-order valence-electron chi connectivity index (χ0n) is 27.6. The molecule has 1 aromatic heterocycles. The van der Waals surface area contributed by atoms with E-state index in [9.17, 15) is 26.3 Å². The molecule has 10 rings (SSSR count). The average Bonchev–Trinajstić information content (AvgIpc) is 3.66. The highest BCUT2D eigenvalue weighted by Crippen LogP contribution is 2.64. The number of rotatable bonds is 3. The van der Waals surface area contributed by atoms with Crippen LogP contribution in [0.2, 0.25) is 0 Å². The summed E-state index contributed by atoms with van der Waals surface area (Å²) in [6.07, 6.45) is -10.1. The fourth-order valence-electron chi connectivity index (χ4n) is 8.94. The minimum Gasteiger partial charge on any atom is -0.256 e. The summed E-state index contributed by atoms with van der Waals surface area (Å²) in [7, 11) is 0. The summed E-state index contributed by atoms with van der Waals surface area (Å²) in [5.74, 6) is 0. The Morgan fingerprint density at radius 1 is 0.396 bits per heavy atom. The third kappa shape index (κ3) is 4.13. The molecule has 0 saturated heterocycles. The van der Waals surface area contributed by atoms with E-state index < -0.39 is 28.9 Å². The number of fused-ring (bicyclic) bond motifs is 7. The van der Waals surface area contributed by atoms with Gasteiger partial charge in [0.1, 0.15) is 0 Å². The first kappa shape index (κ1) is 31.5. The fourth-order valence-corrected chi connectivity index (χ4v) is 8.94. The van der Waals surface area contributed by atoms with Crippen LogP contribution in [0.15, 0.2) is 152 Å². The number of benzene rings is 7. The Hall–Kier alpha value is -6.21. The Balaban J connectivity index is 1.27. The topological polar surface area (TPSA) is 12.9 Å². The van der Waals surface area contributed by atoms with Gasteiger partial charge in [-0.25, -0.2) is 0 Å². The number of nitrogens with zero attached hydrogens (tertiary/aromatic N) is 1. The Morgan fingerprint density at radius 3 is 1.55 bits per heavy atom. The number of aromatic nitrogens is 1. The van der Waals surface area contributed by atoms with E-state index in [1.165, 1.54) is 18.3 Å². The van der Waals surface area contributed by atoms with Crippen molar-refractivity contribution >= 4 is 21.5 Å². The maximum absolute atomic E-state index is 14.8. The predicted molar refractivity (Wildman–Crippen MR) is 198 cm³/mol. The standard InChI is InChI=1S/C46H25F6N/c47-45(48,49)44(46(50,51)52)36-23-20-28(25-35(36)43-37(44)19-10-24-53-43)29-21-22-34-40-30(29)17-9-18-33(40)41-38(26-11-3-1-4-12-26)31-15-7-8-16-32(31)39(42(34)41)27-13-5-2-6-14-27/h1-25H. The first-order chi connectivity index (χ1) is 25.6. The van der Waals surface area contributed by atoms with Gasteiger partial charge < -0.3 is 0 Å². The van der Waals surface area contributed by atoms with Crippen LogP contribution in [-0.4, -0.2) is 17.3 Å². The van der Waals surface area contributed by atoms with E-state index in [0.29, 0.717) is 11.1 Å². The molecule has 0 spiro atoms. The van der Waals surface area contributed by atoms with Gasteiger partial charge in [-0.15, -0.1) is 0 Å². The van der Waals surface area contributed by atoms with E-state index in [1.807, 2.05) is 72.8 Å². The van der Waals surface area contributed by atoms with Crippen LogP contribution in [0, 0.1) is 0 Å². The smallest absolute Gasteiger partial charge is 0.256 e. The van der Waals surface area contributed by atoms with Crippen LogP contribution < -0.4 is 0 Å². The summed E-state index contributed by atoms with van der Waals surface area (Å²) in [4.78, 5) is 4.09. The van der Waals surface area contributed by atoms with Gasteiger partial charge in [-0.05, 0) is 94.9 Å². The quantitative estimate of drug-likeness (QED) is 0.167. The normalized spacial score (nSPS) is 14.0. The molecule has 0 atom stereocenters. The molecule has 0 aliphatic heterocycles. The monoisotopic (exact) mass is 705 g/mol. The molecular formula is C46H25F6N. The van der Waals surface area contributed by atoms with E-state index in [4.69, 9.17) is 0 Å². The highest BCUT2D eigenvalue weighted by Gasteiger charge is 2.75. The molecule has 0 saturated carbocycles. The molecule has 1 heterocycles. The lowest BCUT2D eigenvalue weighted by Gasteiger charge is -2.35. The van der Waals surface area contributed by atoms with Gasteiger partial charge in [-0.2, -0.15) is 26.3 Å². The Kier molecular flexibility index (Phi) is 6.48. The van der Waals surface area contributed by atoms with Gasteiger partial charge >= 0.3 is 12.4 Å². The van der Waals surface area contributed by atoms with Crippen LogP contribution in [0.5, 0.6) is 0 Å². The Morgan fingerprint density at radius 2 is 0.943 bits per heavy atom. The molecule has 0 radical (unpaired) electrons. The highest BCUT2D eigenvalue weighted by molar-refractivity contribution is 6.28. The van der Waals surface area contributed by atoms with Crippen molar-refractivity contribution in [3.8, 4) is 66.9 Å². The molecule has 1 nitrogen and oxygen atoms in total. The van der Waals surface area contributed by atoms with Gasteiger partial charge in [0.25, 0.3) is 0 Å². The Labute approximate surface area is 299 Å². The van der Waals surface area contributed by atoms with Crippen LogP contribution in [-0.2, 0) is 5.41 Å². The average molecular weight is 706 g/mol. The molecule has 2 aliphatic carbocycles. The largest absolute Gasteiger partial charge is 0.411 e. The molecule has 0 fully saturated rings. The van der Waals surface area contributed by atoms with E-state index in [2.05, 4.69) is 47.4 Å². The van der Waals surface area contributed by atoms with Gasteiger partial charge in [-0.1, -0.05) is 133 Å². The summed E-state index contributed by atoms with van der Waals surface area (Å²) in [6, 6.07) is 44.7. The van der Waals surface area contributed by atoms with Crippen molar-refractivity contribution in [1.29, 1.82) is 0 Å². The van der Waals surface area contributed by atoms with Crippen molar-refractivity contribution < 1.29 is 26.3 Å². The molecule has 8 aromatic rings. The maximum atomic E-state index is 14.8. The van der Waals surface area contributed by atoms with Crippen molar-refractivity contribution in [2.75, 3.05) is 0 Å². The second kappa shape index (κ2) is 10.9.